The summed E-state index contributed by atoms with van der Waals surface area (Å²) in [4.78, 5) is 14.7. The van der Waals surface area contributed by atoms with Gasteiger partial charge in [0.2, 0.25) is 0 Å². The topological polar surface area (TPSA) is 46.5 Å². The van der Waals surface area contributed by atoms with E-state index in [-0.39, 0.29) is 56.1 Å². The van der Waals surface area contributed by atoms with Gasteiger partial charge in [0.05, 0.1) is 24.3 Å². The molecule has 5 saturated carbocycles. The van der Waals surface area contributed by atoms with E-state index >= 15 is 0 Å². The summed E-state index contributed by atoms with van der Waals surface area (Å²) in [5.74, 6) is 2.58. The second-order valence-electron chi connectivity index (χ2n) is 21.3. The molecule has 0 unspecified atom stereocenters. The third-order valence-electron chi connectivity index (χ3n) is 18.7. The Labute approximate surface area is 369 Å². The summed E-state index contributed by atoms with van der Waals surface area (Å²) < 4.78 is 6.45. The normalized spacial score (nSPS) is 35.8. The second-order valence-corrected chi connectivity index (χ2v) is 24.9. The summed E-state index contributed by atoms with van der Waals surface area (Å²) in [5.41, 5.74) is 1.55. The van der Waals surface area contributed by atoms with Crippen LogP contribution in [0.1, 0.15) is 131 Å². The number of unbranched alkanes of at least 4 members (excludes halogenated alkanes) is 3. The number of allylic oxidation sites excluding steroid dienone is 1. The van der Waals surface area contributed by atoms with E-state index in [4.69, 9.17) is 4.74 Å². The van der Waals surface area contributed by atoms with E-state index in [0.717, 1.165) is 70.4 Å². The van der Waals surface area contributed by atoms with Gasteiger partial charge in [-0.15, -0.1) is 0 Å². The molecule has 3 nitrogen and oxygen atoms in total. The molecule has 10 atom stereocenters. The molecule has 8 rings (SSSR count). The Morgan fingerprint density at radius 1 is 0.678 bits per heavy atom. The Morgan fingerprint density at radius 2 is 1.25 bits per heavy atom. The van der Waals surface area contributed by atoms with Crippen molar-refractivity contribution in [3.8, 4) is 0 Å². The van der Waals surface area contributed by atoms with Crippen LogP contribution < -0.4 is 32.9 Å². The molecule has 0 spiro atoms. The number of rotatable bonds is 12. The number of halogens is 1. The molecule has 0 saturated heterocycles. The number of carbonyl (C=O) groups excluding carboxylic acids is 1. The summed E-state index contributed by atoms with van der Waals surface area (Å²) in [7, 11) is -1.82. The van der Waals surface area contributed by atoms with Gasteiger partial charge in [-0.1, -0.05) is 101 Å². The molecule has 0 heterocycles. The molecule has 5 aliphatic rings. The van der Waals surface area contributed by atoms with Crippen molar-refractivity contribution in [3.05, 3.63) is 103 Å². The number of ether oxygens (including phenoxy) is 1. The number of hydrogen-bond acceptors (Lipinski definition) is 3. The largest absolute Gasteiger partial charge is 1.00 e. The lowest BCUT2D eigenvalue weighted by molar-refractivity contribution is -0.248. The Hall–Kier alpha value is -2.26. The average Bonchev–Trinajstić information content (AvgIpc) is 3.63. The van der Waals surface area contributed by atoms with Crippen LogP contribution >= 0.6 is 7.26 Å². The van der Waals surface area contributed by atoms with Gasteiger partial charge in [0.15, 0.2) is 0 Å². The van der Waals surface area contributed by atoms with Gasteiger partial charge in [0.25, 0.3) is 0 Å². The number of hydrogen-bond donors (Lipinski definition) is 1. The van der Waals surface area contributed by atoms with Gasteiger partial charge >= 0.3 is 5.97 Å². The van der Waals surface area contributed by atoms with E-state index < -0.39 is 7.26 Å². The predicted octanol–water partition coefficient (Wildman–Crippen LogP) is 9.11. The predicted molar refractivity (Wildman–Crippen MR) is 244 cm³/mol. The highest BCUT2D eigenvalue weighted by molar-refractivity contribution is 7.95. The first-order valence-electron chi connectivity index (χ1n) is 23.3. The zero-order chi connectivity index (χ0) is 41.0. The van der Waals surface area contributed by atoms with Crippen molar-refractivity contribution in [2.45, 2.75) is 138 Å². The number of aliphatic hydroxyl groups is 1. The van der Waals surface area contributed by atoms with Crippen molar-refractivity contribution in [3.63, 3.8) is 0 Å². The molecule has 3 aromatic rings. The number of carbonyl (C=O) groups is 1. The maximum Gasteiger partial charge on any atom is 0.312 e. The Bertz CT molecular complexity index is 1820. The van der Waals surface area contributed by atoms with Gasteiger partial charge in [0.1, 0.15) is 23.2 Å². The second kappa shape index (κ2) is 17.1. The molecule has 0 radical (unpaired) electrons. The average molecular weight is 882 g/mol. The van der Waals surface area contributed by atoms with Crippen LogP contribution in [0.2, 0.25) is 0 Å². The standard InChI is InChI=1S/C54H74O3P.BrH/c1-39(2)43-29-34-54(36-35-52(6)44(48(43)54)27-28-46-51(5)32-31-47(55)50(3,4)45(51)30-33-53(46,52)7)49(56)57-37-19-8-9-20-38-58(40-21-13-10-14-22-40,41-23-15-11-16-24-41)42-25-17-12-18-26-42;/h10-18,21-26,43-48,55H,1,8-9,19-20,27-38H2,2-7H3;1H/q+1;/p-1/t43-,44+,45-,46+,47-,48+,51-,52+,53+,54-;/m0./s1. The zero-order valence-corrected chi connectivity index (χ0v) is 39.7. The molecule has 59 heavy (non-hydrogen) atoms. The first-order chi connectivity index (χ1) is 27.8. The summed E-state index contributed by atoms with van der Waals surface area (Å²) >= 11 is 0. The van der Waals surface area contributed by atoms with Crippen LogP contribution in [-0.4, -0.2) is 29.9 Å². The highest BCUT2D eigenvalue weighted by atomic mass is 79.9. The van der Waals surface area contributed by atoms with Gasteiger partial charge in [-0.2, -0.15) is 0 Å². The van der Waals surface area contributed by atoms with Gasteiger partial charge in [-0.05, 0) is 184 Å². The van der Waals surface area contributed by atoms with Gasteiger partial charge < -0.3 is 26.8 Å². The molecule has 320 valence electrons. The van der Waals surface area contributed by atoms with Crippen LogP contribution in [0, 0.1) is 56.7 Å². The van der Waals surface area contributed by atoms with Gasteiger partial charge in [0, 0.05) is 0 Å². The Morgan fingerprint density at radius 3 is 1.83 bits per heavy atom. The molecule has 0 aliphatic heterocycles. The van der Waals surface area contributed by atoms with Crippen molar-refractivity contribution in [2.24, 2.45) is 56.7 Å². The quantitative estimate of drug-likeness (QED) is 0.0856. The van der Waals surface area contributed by atoms with Crippen LogP contribution in [0.25, 0.3) is 0 Å². The highest BCUT2D eigenvalue weighted by Gasteiger charge is 2.72. The van der Waals surface area contributed by atoms with E-state index in [1.165, 1.54) is 47.2 Å². The first-order valence-corrected chi connectivity index (χ1v) is 25.3. The zero-order valence-electron chi connectivity index (χ0n) is 37.2. The van der Waals surface area contributed by atoms with Crippen molar-refractivity contribution >= 4 is 29.1 Å². The van der Waals surface area contributed by atoms with E-state index in [9.17, 15) is 9.90 Å². The molecule has 3 aromatic carbocycles. The van der Waals surface area contributed by atoms with Crippen LogP contribution in [0.4, 0.5) is 0 Å². The molecule has 0 bridgehead atoms. The third kappa shape index (κ3) is 7.18. The van der Waals surface area contributed by atoms with E-state index in [2.05, 4.69) is 139 Å². The van der Waals surface area contributed by atoms with Crippen molar-refractivity contribution in [2.75, 3.05) is 12.8 Å². The molecule has 0 amide bonds. The summed E-state index contributed by atoms with van der Waals surface area (Å²) in [6.45, 7) is 20.0. The monoisotopic (exact) mass is 880 g/mol. The van der Waals surface area contributed by atoms with Gasteiger partial charge in [-0.3, -0.25) is 4.79 Å². The number of fused-ring (bicyclic) bond motifs is 7. The summed E-state index contributed by atoms with van der Waals surface area (Å²) in [6.07, 6.45) is 16.3. The third-order valence-corrected chi connectivity index (χ3v) is 23.2. The van der Waals surface area contributed by atoms with Crippen LogP contribution in [0.5, 0.6) is 0 Å². The smallest absolute Gasteiger partial charge is 0.312 e. The van der Waals surface area contributed by atoms with Crippen molar-refractivity contribution in [1.29, 1.82) is 0 Å². The number of aliphatic hydroxyl groups excluding tert-OH is 1. The first kappa shape index (κ1) is 44.8. The van der Waals surface area contributed by atoms with Crippen molar-refractivity contribution in [1.82, 2.24) is 0 Å². The molecule has 5 fully saturated rings. The maximum absolute atomic E-state index is 14.7. The molecule has 1 N–H and O–H groups in total. The highest BCUT2D eigenvalue weighted by Crippen LogP contribution is 2.77. The fourth-order valence-corrected chi connectivity index (χ4v) is 19.9. The minimum Gasteiger partial charge on any atom is -1.00 e. The fraction of sp³-hybridized carbons (Fsp3) is 0.611. The number of esters is 1. The Kier molecular flexibility index (Phi) is 13.0. The van der Waals surface area contributed by atoms with Crippen LogP contribution in [0.3, 0.4) is 0 Å². The lowest BCUT2D eigenvalue weighted by Crippen LogP contribution is -3.00. The summed E-state index contributed by atoms with van der Waals surface area (Å²) in [5, 5.41) is 15.5. The minimum atomic E-state index is -1.82. The molecule has 0 aromatic heterocycles. The van der Waals surface area contributed by atoms with E-state index in [0.29, 0.717) is 36.2 Å². The van der Waals surface area contributed by atoms with Crippen LogP contribution in [-0.2, 0) is 9.53 Å². The molecular formula is C54H74BrO3P. The van der Waals surface area contributed by atoms with E-state index in [1.807, 2.05) is 0 Å². The Balaban J connectivity index is 0.00000528. The number of benzene rings is 3. The fourth-order valence-electron chi connectivity index (χ4n) is 15.5. The lowest BCUT2D eigenvalue weighted by atomic mass is 9.32. The molecule has 5 aliphatic carbocycles. The van der Waals surface area contributed by atoms with Crippen LogP contribution in [0.15, 0.2) is 103 Å². The van der Waals surface area contributed by atoms with E-state index in [1.54, 1.807) is 0 Å². The lowest BCUT2D eigenvalue weighted by Gasteiger charge is -2.72. The molecular weight excluding hydrogens is 807 g/mol. The molecule has 5 heteroatoms. The summed E-state index contributed by atoms with van der Waals surface area (Å²) in [6, 6.07) is 33.6. The minimum absolute atomic E-state index is 0. The van der Waals surface area contributed by atoms with Crippen molar-refractivity contribution < 1.29 is 31.6 Å². The maximum atomic E-state index is 14.7. The SMILES string of the molecule is C=C(C)[C@@H]1CC[C@]2(C(=O)OCCCCCC[P+](c3ccccc3)(c3ccccc3)c3ccccc3)CC[C@]3(C)[C@H](CC[C@@H]4[C@@]5(C)CC[C@H](O)C(C)(C)[C@@H]5CC[C@]43C)[C@@H]12.[Br-]. The van der Waals surface area contributed by atoms with Gasteiger partial charge in [-0.25, -0.2) is 0 Å².